The van der Waals surface area contributed by atoms with Crippen molar-refractivity contribution in [1.82, 2.24) is 4.90 Å². The van der Waals surface area contributed by atoms with Crippen molar-refractivity contribution < 1.29 is 4.79 Å². The average Bonchev–Trinajstić information content (AvgIpc) is 2.81. The fourth-order valence-electron chi connectivity index (χ4n) is 2.91. The summed E-state index contributed by atoms with van der Waals surface area (Å²) in [6, 6.07) is 14.2. The van der Waals surface area contributed by atoms with Crippen LogP contribution in [0.5, 0.6) is 0 Å². The molecule has 0 radical (unpaired) electrons. The summed E-state index contributed by atoms with van der Waals surface area (Å²) in [5.74, 6) is 0.0423. The van der Waals surface area contributed by atoms with Crippen molar-refractivity contribution >= 4 is 22.9 Å². The molecular formula is C20H22N2O. The van der Waals surface area contributed by atoms with Crippen molar-refractivity contribution in [1.29, 1.82) is 0 Å². The second kappa shape index (κ2) is 5.58. The standard InChI is InChI=1S/C20H22N2O/c1-13-10-11-16(12-14(13)2)22-18-9-7-6-8-17(18)19(20(22)23)15(3)21(4)5/h6-12H,1-5H3/b19-15-. The molecule has 0 aromatic heterocycles. The van der Waals surface area contributed by atoms with E-state index in [0.717, 1.165) is 28.2 Å². The molecule has 2 aromatic rings. The molecule has 0 saturated heterocycles. The monoisotopic (exact) mass is 306 g/mol. The van der Waals surface area contributed by atoms with Crippen molar-refractivity contribution in [3.8, 4) is 0 Å². The maximum atomic E-state index is 13.1. The third-order valence-electron chi connectivity index (χ3n) is 4.61. The Hall–Kier alpha value is -2.55. The predicted octanol–water partition coefficient (Wildman–Crippen LogP) is 4.27. The summed E-state index contributed by atoms with van der Waals surface area (Å²) in [6.07, 6.45) is 0. The molecule has 0 unspecified atom stereocenters. The van der Waals surface area contributed by atoms with Crippen molar-refractivity contribution in [3.05, 3.63) is 64.9 Å². The van der Waals surface area contributed by atoms with E-state index in [2.05, 4.69) is 26.0 Å². The number of hydrogen-bond acceptors (Lipinski definition) is 2. The Morgan fingerprint density at radius 1 is 1.00 bits per heavy atom. The van der Waals surface area contributed by atoms with E-state index >= 15 is 0 Å². The third-order valence-corrected chi connectivity index (χ3v) is 4.61. The van der Waals surface area contributed by atoms with Crippen LogP contribution >= 0.6 is 0 Å². The highest BCUT2D eigenvalue weighted by Gasteiger charge is 2.35. The minimum absolute atomic E-state index is 0.0423. The number of fused-ring (bicyclic) bond motifs is 1. The lowest BCUT2D eigenvalue weighted by Crippen LogP contribution is -2.22. The predicted molar refractivity (Wildman–Crippen MR) is 95.8 cm³/mol. The van der Waals surface area contributed by atoms with Crippen LogP contribution < -0.4 is 4.90 Å². The van der Waals surface area contributed by atoms with Gasteiger partial charge in [0.25, 0.3) is 5.91 Å². The van der Waals surface area contributed by atoms with Gasteiger partial charge in [-0.1, -0.05) is 24.3 Å². The number of allylic oxidation sites excluding steroid dienone is 1. The summed E-state index contributed by atoms with van der Waals surface area (Å²) >= 11 is 0. The van der Waals surface area contributed by atoms with Crippen molar-refractivity contribution in [2.75, 3.05) is 19.0 Å². The number of amides is 1. The van der Waals surface area contributed by atoms with E-state index < -0.39 is 0 Å². The lowest BCUT2D eigenvalue weighted by molar-refractivity contribution is -0.112. The van der Waals surface area contributed by atoms with E-state index in [1.165, 1.54) is 11.1 Å². The molecule has 0 spiro atoms. The molecule has 1 aliphatic rings. The van der Waals surface area contributed by atoms with Crippen LogP contribution in [0.4, 0.5) is 11.4 Å². The summed E-state index contributed by atoms with van der Waals surface area (Å²) in [5, 5.41) is 0. The van der Waals surface area contributed by atoms with Gasteiger partial charge in [0.2, 0.25) is 0 Å². The number of carbonyl (C=O) groups is 1. The topological polar surface area (TPSA) is 23.6 Å². The van der Waals surface area contributed by atoms with Crippen LogP contribution in [0.15, 0.2) is 48.2 Å². The molecule has 3 rings (SSSR count). The summed E-state index contributed by atoms with van der Waals surface area (Å²) in [5.41, 5.74) is 7.06. The summed E-state index contributed by atoms with van der Waals surface area (Å²) in [6.45, 7) is 6.15. The van der Waals surface area contributed by atoms with E-state index in [1.54, 1.807) is 0 Å². The molecule has 0 atom stereocenters. The maximum absolute atomic E-state index is 13.1. The van der Waals surface area contributed by atoms with E-state index in [9.17, 15) is 4.79 Å². The maximum Gasteiger partial charge on any atom is 0.265 e. The van der Waals surface area contributed by atoms with Crippen LogP contribution in [0.2, 0.25) is 0 Å². The Morgan fingerprint density at radius 3 is 2.35 bits per heavy atom. The van der Waals surface area contributed by atoms with Crippen LogP contribution in [0.3, 0.4) is 0 Å². The Balaban J connectivity index is 2.22. The molecule has 0 fully saturated rings. The van der Waals surface area contributed by atoms with E-state index in [0.29, 0.717) is 0 Å². The average molecular weight is 306 g/mol. The largest absolute Gasteiger partial charge is 0.381 e. The van der Waals surface area contributed by atoms with E-state index in [1.807, 2.05) is 61.2 Å². The SMILES string of the molecule is C/C(=C1/C(=O)N(c2ccc(C)c(C)c2)c2ccccc21)N(C)C. The number of hydrogen-bond donors (Lipinski definition) is 0. The molecule has 1 amide bonds. The van der Waals surface area contributed by atoms with Gasteiger partial charge in [0.05, 0.1) is 11.3 Å². The highest BCUT2D eigenvalue weighted by molar-refractivity contribution is 6.35. The van der Waals surface area contributed by atoms with Crippen molar-refractivity contribution in [3.63, 3.8) is 0 Å². The molecule has 23 heavy (non-hydrogen) atoms. The molecule has 0 aliphatic carbocycles. The van der Waals surface area contributed by atoms with Gasteiger partial charge in [-0.15, -0.1) is 0 Å². The van der Waals surface area contributed by atoms with Crippen LogP contribution in [0, 0.1) is 13.8 Å². The fourth-order valence-corrected chi connectivity index (χ4v) is 2.91. The Kier molecular flexibility index (Phi) is 3.72. The van der Waals surface area contributed by atoms with Gasteiger partial charge >= 0.3 is 0 Å². The molecular weight excluding hydrogens is 284 g/mol. The quantitative estimate of drug-likeness (QED) is 0.773. The van der Waals surface area contributed by atoms with Gasteiger partial charge < -0.3 is 4.90 Å². The second-order valence-corrected chi connectivity index (χ2v) is 6.28. The summed E-state index contributed by atoms with van der Waals surface area (Å²) in [7, 11) is 3.94. The molecule has 118 valence electrons. The molecule has 3 nitrogen and oxygen atoms in total. The van der Waals surface area contributed by atoms with Gasteiger partial charge in [0.15, 0.2) is 0 Å². The molecule has 0 saturated carbocycles. The lowest BCUT2D eigenvalue weighted by atomic mass is 10.1. The Labute approximate surface area is 137 Å². The van der Waals surface area contributed by atoms with Crippen LogP contribution in [-0.2, 0) is 4.79 Å². The summed E-state index contributed by atoms with van der Waals surface area (Å²) in [4.78, 5) is 17.0. The Bertz CT molecular complexity index is 818. The van der Waals surface area contributed by atoms with Crippen LogP contribution in [0.25, 0.3) is 5.57 Å². The molecule has 0 N–H and O–H groups in total. The highest BCUT2D eigenvalue weighted by Crippen LogP contribution is 2.43. The molecule has 3 heteroatoms. The first-order chi connectivity index (χ1) is 10.9. The Morgan fingerprint density at radius 2 is 1.70 bits per heavy atom. The van der Waals surface area contributed by atoms with Gasteiger partial charge in [-0.3, -0.25) is 9.69 Å². The third kappa shape index (κ3) is 2.42. The molecule has 0 bridgehead atoms. The normalized spacial score (nSPS) is 15.7. The second-order valence-electron chi connectivity index (χ2n) is 6.28. The first-order valence-corrected chi connectivity index (χ1v) is 7.81. The minimum Gasteiger partial charge on any atom is -0.381 e. The number of para-hydroxylation sites is 1. The summed E-state index contributed by atoms with van der Waals surface area (Å²) < 4.78 is 0. The lowest BCUT2D eigenvalue weighted by Gasteiger charge is -2.19. The zero-order valence-electron chi connectivity index (χ0n) is 14.3. The molecule has 1 heterocycles. The highest BCUT2D eigenvalue weighted by atomic mass is 16.2. The smallest absolute Gasteiger partial charge is 0.265 e. The number of rotatable bonds is 2. The van der Waals surface area contributed by atoms with Crippen molar-refractivity contribution in [2.45, 2.75) is 20.8 Å². The van der Waals surface area contributed by atoms with E-state index in [4.69, 9.17) is 0 Å². The minimum atomic E-state index is 0.0423. The zero-order valence-corrected chi connectivity index (χ0v) is 14.3. The number of carbonyl (C=O) groups excluding carboxylic acids is 1. The number of benzene rings is 2. The van der Waals surface area contributed by atoms with Gasteiger partial charge in [-0.05, 0) is 50.1 Å². The first-order valence-electron chi connectivity index (χ1n) is 7.81. The zero-order chi connectivity index (χ0) is 16.7. The number of aryl methyl sites for hydroxylation is 2. The van der Waals surface area contributed by atoms with Crippen LogP contribution in [0.1, 0.15) is 23.6 Å². The van der Waals surface area contributed by atoms with E-state index in [-0.39, 0.29) is 5.91 Å². The van der Waals surface area contributed by atoms with Crippen molar-refractivity contribution in [2.24, 2.45) is 0 Å². The van der Waals surface area contributed by atoms with Gasteiger partial charge in [-0.25, -0.2) is 0 Å². The number of nitrogens with zero attached hydrogens (tertiary/aromatic N) is 2. The van der Waals surface area contributed by atoms with Crippen LogP contribution in [-0.4, -0.2) is 24.9 Å². The van der Waals surface area contributed by atoms with Gasteiger partial charge in [0.1, 0.15) is 0 Å². The molecule has 2 aromatic carbocycles. The first kappa shape index (κ1) is 15.3. The van der Waals surface area contributed by atoms with Gasteiger partial charge in [0, 0.05) is 31.0 Å². The number of anilines is 2. The fraction of sp³-hybridized carbons (Fsp3) is 0.250. The molecule has 1 aliphatic heterocycles. The van der Waals surface area contributed by atoms with Gasteiger partial charge in [-0.2, -0.15) is 0 Å².